The standard InChI is InChI=1S/C21H24N2O5/c1-15(24)23(13-12-16-8-4-7-11-19(16)27-2)14-20(25)22-18-10-6-5-9-17(18)21(26)28-3/h4-11H,12-14H2,1-3H3,(H,22,25). The van der Waals surface area contributed by atoms with Crippen molar-refractivity contribution >= 4 is 23.5 Å². The second kappa shape index (κ2) is 10.1. The molecule has 0 bridgehead atoms. The third-order valence-corrected chi connectivity index (χ3v) is 4.23. The highest BCUT2D eigenvalue weighted by Gasteiger charge is 2.17. The van der Waals surface area contributed by atoms with Gasteiger partial charge in [0.25, 0.3) is 0 Å². The summed E-state index contributed by atoms with van der Waals surface area (Å²) >= 11 is 0. The summed E-state index contributed by atoms with van der Waals surface area (Å²) in [6.45, 7) is 1.65. The Morgan fingerprint density at radius 3 is 2.36 bits per heavy atom. The van der Waals surface area contributed by atoms with Crippen LogP contribution in [0.1, 0.15) is 22.8 Å². The fourth-order valence-corrected chi connectivity index (χ4v) is 2.76. The summed E-state index contributed by atoms with van der Waals surface area (Å²) < 4.78 is 10.0. The zero-order valence-electron chi connectivity index (χ0n) is 16.2. The molecule has 148 valence electrons. The van der Waals surface area contributed by atoms with Crippen LogP contribution in [-0.2, 0) is 20.7 Å². The average molecular weight is 384 g/mol. The lowest BCUT2D eigenvalue weighted by atomic mass is 10.1. The van der Waals surface area contributed by atoms with Crippen molar-refractivity contribution < 1.29 is 23.9 Å². The summed E-state index contributed by atoms with van der Waals surface area (Å²) in [5.74, 6) is -0.421. The maximum absolute atomic E-state index is 12.4. The first-order chi connectivity index (χ1) is 13.5. The molecule has 7 nitrogen and oxygen atoms in total. The average Bonchev–Trinajstić information content (AvgIpc) is 2.70. The molecule has 0 unspecified atom stereocenters. The van der Waals surface area contributed by atoms with Crippen molar-refractivity contribution in [1.82, 2.24) is 4.90 Å². The molecular weight excluding hydrogens is 360 g/mol. The molecule has 0 spiro atoms. The van der Waals surface area contributed by atoms with Gasteiger partial charge in [0.15, 0.2) is 0 Å². The second-order valence-electron chi connectivity index (χ2n) is 6.09. The molecule has 0 saturated heterocycles. The monoisotopic (exact) mass is 384 g/mol. The molecule has 0 atom stereocenters. The predicted molar refractivity (Wildman–Crippen MR) is 105 cm³/mol. The van der Waals surface area contributed by atoms with Gasteiger partial charge in [-0.2, -0.15) is 0 Å². The Labute approximate surface area is 164 Å². The number of hydrogen-bond donors (Lipinski definition) is 1. The lowest BCUT2D eigenvalue weighted by Gasteiger charge is -2.21. The van der Waals surface area contributed by atoms with Crippen molar-refractivity contribution in [1.29, 1.82) is 0 Å². The maximum atomic E-state index is 12.4. The second-order valence-corrected chi connectivity index (χ2v) is 6.09. The highest BCUT2D eigenvalue weighted by atomic mass is 16.5. The van der Waals surface area contributed by atoms with Crippen LogP contribution >= 0.6 is 0 Å². The van der Waals surface area contributed by atoms with Crippen LogP contribution in [0.5, 0.6) is 5.75 Å². The molecular formula is C21H24N2O5. The van der Waals surface area contributed by atoms with Crippen LogP contribution in [0.3, 0.4) is 0 Å². The van der Waals surface area contributed by atoms with E-state index in [4.69, 9.17) is 9.47 Å². The topological polar surface area (TPSA) is 84.9 Å². The number of benzene rings is 2. The number of nitrogens with one attached hydrogen (secondary N) is 1. The van der Waals surface area contributed by atoms with E-state index in [2.05, 4.69) is 5.32 Å². The third-order valence-electron chi connectivity index (χ3n) is 4.23. The van der Waals surface area contributed by atoms with Crippen molar-refractivity contribution in [2.75, 3.05) is 32.6 Å². The van der Waals surface area contributed by atoms with Crippen molar-refractivity contribution in [3.63, 3.8) is 0 Å². The number of carbonyl (C=O) groups is 3. The molecule has 0 aromatic heterocycles. The van der Waals surface area contributed by atoms with E-state index in [1.165, 1.54) is 18.9 Å². The van der Waals surface area contributed by atoms with E-state index < -0.39 is 11.9 Å². The number of ether oxygens (including phenoxy) is 2. The van der Waals surface area contributed by atoms with Crippen LogP contribution in [0.15, 0.2) is 48.5 Å². The molecule has 0 aliphatic rings. The van der Waals surface area contributed by atoms with E-state index in [1.807, 2.05) is 24.3 Å². The first-order valence-corrected chi connectivity index (χ1v) is 8.80. The fourth-order valence-electron chi connectivity index (χ4n) is 2.76. The Morgan fingerprint density at radius 2 is 1.68 bits per heavy atom. The molecule has 0 radical (unpaired) electrons. The molecule has 2 amide bonds. The number of anilines is 1. The van der Waals surface area contributed by atoms with E-state index in [1.54, 1.807) is 31.4 Å². The normalized spacial score (nSPS) is 10.1. The van der Waals surface area contributed by atoms with E-state index >= 15 is 0 Å². The smallest absolute Gasteiger partial charge is 0.339 e. The number of hydrogen-bond acceptors (Lipinski definition) is 5. The largest absolute Gasteiger partial charge is 0.496 e. The minimum Gasteiger partial charge on any atom is -0.496 e. The summed E-state index contributed by atoms with van der Waals surface area (Å²) in [4.78, 5) is 37.7. The summed E-state index contributed by atoms with van der Waals surface area (Å²) in [6, 6.07) is 14.1. The fraction of sp³-hybridized carbons (Fsp3) is 0.286. The van der Waals surface area contributed by atoms with Gasteiger partial charge in [-0.1, -0.05) is 30.3 Å². The minimum atomic E-state index is -0.546. The van der Waals surface area contributed by atoms with Crippen molar-refractivity contribution in [2.45, 2.75) is 13.3 Å². The Morgan fingerprint density at radius 1 is 1.00 bits per heavy atom. The molecule has 0 saturated carbocycles. The number of rotatable bonds is 8. The lowest BCUT2D eigenvalue weighted by Crippen LogP contribution is -2.38. The van der Waals surface area contributed by atoms with E-state index in [0.717, 1.165) is 11.3 Å². The van der Waals surface area contributed by atoms with Crippen molar-refractivity contribution in [3.8, 4) is 5.75 Å². The van der Waals surface area contributed by atoms with Crippen LogP contribution < -0.4 is 10.1 Å². The zero-order valence-corrected chi connectivity index (χ0v) is 16.2. The molecule has 2 aromatic rings. The zero-order chi connectivity index (χ0) is 20.5. The van der Waals surface area contributed by atoms with E-state index in [9.17, 15) is 14.4 Å². The maximum Gasteiger partial charge on any atom is 0.339 e. The van der Waals surface area contributed by atoms with Gasteiger partial charge >= 0.3 is 5.97 Å². The molecule has 28 heavy (non-hydrogen) atoms. The Balaban J connectivity index is 2.03. The van der Waals surface area contributed by atoms with E-state index in [-0.39, 0.29) is 18.0 Å². The van der Waals surface area contributed by atoms with Gasteiger partial charge in [0, 0.05) is 13.5 Å². The van der Waals surface area contributed by atoms with Gasteiger partial charge in [-0.05, 0) is 30.2 Å². The summed E-state index contributed by atoms with van der Waals surface area (Å²) in [5, 5.41) is 2.67. The van der Waals surface area contributed by atoms with Crippen LogP contribution in [-0.4, -0.2) is 50.0 Å². The number of methoxy groups -OCH3 is 2. The molecule has 2 rings (SSSR count). The highest BCUT2D eigenvalue weighted by molar-refractivity contribution is 6.02. The summed E-state index contributed by atoms with van der Waals surface area (Å²) in [6.07, 6.45) is 0.551. The predicted octanol–water partition coefficient (Wildman–Crippen LogP) is 2.51. The number of carbonyl (C=O) groups excluding carboxylic acids is 3. The van der Waals surface area contributed by atoms with Crippen LogP contribution in [0.2, 0.25) is 0 Å². The van der Waals surface area contributed by atoms with Gasteiger partial charge < -0.3 is 19.7 Å². The van der Waals surface area contributed by atoms with Gasteiger partial charge in [-0.3, -0.25) is 9.59 Å². The van der Waals surface area contributed by atoms with Crippen LogP contribution in [0.4, 0.5) is 5.69 Å². The number of amides is 2. The van der Waals surface area contributed by atoms with Gasteiger partial charge in [-0.25, -0.2) is 4.79 Å². The SMILES string of the molecule is COC(=O)c1ccccc1NC(=O)CN(CCc1ccccc1OC)C(C)=O. The van der Waals surface area contributed by atoms with Crippen molar-refractivity contribution in [3.05, 3.63) is 59.7 Å². The molecule has 0 fully saturated rings. The first-order valence-electron chi connectivity index (χ1n) is 8.80. The molecule has 0 aliphatic heterocycles. The molecule has 2 aromatic carbocycles. The van der Waals surface area contributed by atoms with E-state index in [0.29, 0.717) is 18.7 Å². The number of para-hydroxylation sites is 2. The van der Waals surface area contributed by atoms with Crippen molar-refractivity contribution in [2.24, 2.45) is 0 Å². The Bertz CT molecular complexity index is 850. The molecule has 0 heterocycles. The molecule has 0 aliphatic carbocycles. The third kappa shape index (κ3) is 5.57. The Hall–Kier alpha value is -3.35. The van der Waals surface area contributed by atoms with Gasteiger partial charge in [0.05, 0.1) is 32.0 Å². The van der Waals surface area contributed by atoms with Crippen LogP contribution in [0, 0.1) is 0 Å². The van der Waals surface area contributed by atoms with Gasteiger partial charge in [0.2, 0.25) is 11.8 Å². The Kier molecular flexibility index (Phi) is 7.56. The number of nitrogens with zero attached hydrogens (tertiary/aromatic N) is 1. The number of esters is 1. The lowest BCUT2D eigenvalue weighted by molar-refractivity contribution is -0.132. The summed E-state index contributed by atoms with van der Waals surface area (Å²) in [7, 11) is 2.87. The quantitative estimate of drug-likeness (QED) is 0.707. The van der Waals surface area contributed by atoms with Crippen LogP contribution in [0.25, 0.3) is 0 Å². The summed E-state index contributed by atoms with van der Waals surface area (Å²) in [5.41, 5.74) is 1.54. The van der Waals surface area contributed by atoms with Gasteiger partial charge in [-0.15, -0.1) is 0 Å². The highest BCUT2D eigenvalue weighted by Crippen LogP contribution is 2.18. The molecule has 7 heteroatoms. The first kappa shape index (κ1) is 21.0. The molecule has 1 N–H and O–H groups in total. The minimum absolute atomic E-state index is 0.125. The van der Waals surface area contributed by atoms with Gasteiger partial charge in [0.1, 0.15) is 5.75 Å².